The first kappa shape index (κ1) is 19.5. The van der Waals surface area contributed by atoms with Crippen LogP contribution in [0.3, 0.4) is 0 Å². The molecule has 0 unspecified atom stereocenters. The zero-order chi connectivity index (χ0) is 21.4. The molecule has 31 heavy (non-hydrogen) atoms. The second kappa shape index (κ2) is 7.96. The van der Waals surface area contributed by atoms with Gasteiger partial charge in [0.05, 0.1) is 22.5 Å². The number of halogens is 1. The summed E-state index contributed by atoms with van der Waals surface area (Å²) in [6, 6.07) is 21.5. The number of aliphatic carboxylic acids is 1. The van der Waals surface area contributed by atoms with Gasteiger partial charge in [0.2, 0.25) is 0 Å². The van der Waals surface area contributed by atoms with Crippen molar-refractivity contribution in [3.8, 4) is 11.4 Å². The molecule has 4 aromatic rings. The van der Waals surface area contributed by atoms with Crippen LogP contribution in [0.4, 0.5) is 4.39 Å². The molecule has 2 N–H and O–H groups in total. The summed E-state index contributed by atoms with van der Waals surface area (Å²) in [5.41, 5.74) is 5.34. The fraction of sp³-hybridized carbons (Fsp3) is 0.200. The summed E-state index contributed by atoms with van der Waals surface area (Å²) in [5, 5.41) is 8.98. The van der Waals surface area contributed by atoms with E-state index in [0.717, 1.165) is 23.0 Å². The van der Waals surface area contributed by atoms with Crippen molar-refractivity contribution in [2.24, 2.45) is 5.92 Å². The van der Waals surface area contributed by atoms with Crippen molar-refractivity contribution < 1.29 is 14.3 Å². The lowest BCUT2D eigenvalue weighted by Crippen LogP contribution is -2.49. The average Bonchev–Trinajstić information content (AvgIpc) is 3.14. The average molecular weight is 415 g/mol. The number of benzene rings is 3. The molecule has 0 aliphatic carbocycles. The monoisotopic (exact) mass is 415 g/mol. The van der Waals surface area contributed by atoms with Crippen LogP contribution >= 0.6 is 0 Å². The maximum absolute atomic E-state index is 14.8. The molecule has 156 valence electrons. The molecule has 1 aliphatic heterocycles. The van der Waals surface area contributed by atoms with Crippen molar-refractivity contribution in [1.29, 1.82) is 0 Å². The molecular weight excluding hydrogens is 393 g/mol. The van der Waals surface area contributed by atoms with Gasteiger partial charge >= 0.3 is 5.97 Å². The Morgan fingerprint density at radius 2 is 1.81 bits per heavy atom. The summed E-state index contributed by atoms with van der Waals surface area (Å²) in [5.74, 6) is -0.914. The highest BCUT2D eigenvalue weighted by Crippen LogP contribution is 2.26. The first-order valence-corrected chi connectivity index (χ1v) is 10.3. The lowest BCUT2D eigenvalue weighted by molar-refractivity contribution is -0.147. The van der Waals surface area contributed by atoms with E-state index in [1.54, 1.807) is 6.07 Å². The van der Waals surface area contributed by atoms with Crippen molar-refractivity contribution in [3.63, 3.8) is 0 Å². The predicted molar refractivity (Wildman–Crippen MR) is 117 cm³/mol. The Kier molecular flexibility index (Phi) is 5.00. The van der Waals surface area contributed by atoms with Gasteiger partial charge < -0.3 is 10.1 Å². The summed E-state index contributed by atoms with van der Waals surface area (Å²) in [7, 11) is 0. The summed E-state index contributed by atoms with van der Waals surface area (Å²) >= 11 is 0. The molecular formula is C25H22FN3O2. The van der Waals surface area contributed by atoms with Gasteiger partial charge in [-0.2, -0.15) is 0 Å². The Bertz CT molecular complexity index is 1250. The molecule has 0 saturated carbocycles. The Morgan fingerprint density at radius 3 is 2.55 bits per heavy atom. The maximum Gasteiger partial charge on any atom is 0.309 e. The van der Waals surface area contributed by atoms with Gasteiger partial charge in [-0.25, -0.2) is 9.37 Å². The van der Waals surface area contributed by atoms with Crippen molar-refractivity contribution in [2.75, 3.05) is 13.1 Å². The van der Waals surface area contributed by atoms with Crippen LogP contribution in [0.5, 0.6) is 0 Å². The van der Waals surface area contributed by atoms with Crippen LogP contribution in [0.25, 0.3) is 22.4 Å². The summed E-state index contributed by atoms with van der Waals surface area (Å²) in [4.78, 5) is 20.7. The first-order chi connectivity index (χ1) is 15.0. The minimum Gasteiger partial charge on any atom is -0.481 e. The second-order valence-corrected chi connectivity index (χ2v) is 8.14. The quantitative estimate of drug-likeness (QED) is 0.487. The van der Waals surface area contributed by atoms with E-state index < -0.39 is 5.97 Å². The zero-order valence-corrected chi connectivity index (χ0v) is 16.9. The Morgan fingerprint density at radius 1 is 1.03 bits per heavy atom. The largest absolute Gasteiger partial charge is 0.481 e. The topological polar surface area (TPSA) is 69.2 Å². The number of carboxylic acid groups (broad SMARTS) is 1. The lowest BCUT2D eigenvalue weighted by Gasteiger charge is -2.36. The lowest BCUT2D eigenvalue weighted by atomic mass is 9.99. The molecule has 0 spiro atoms. The number of nitrogens with zero attached hydrogens (tertiary/aromatic N) is 2. The van der Waals surface area contributed by atoms with Gasteiger partial charge in [-0.3, -0.25) is 9.69 Å². The van der Waals surface area contributed by atoms with Crippen LogP contribution in [0, 0.1) is 11.7 Å². The van der Waals surface area contributed by atoms with E-state index in [9.17, 15) is 9.18 Å². The van der Waals surface area contributed by atoms with E-state index in [4.69, 9.17) is 5.11 Å². The molecule has 0 bridgehead atoms. The number of fused-ring (bicyclic) bond motifs is 1. The van der Waals surface area contributed by atoms with Gasteiger partial charge in [0.25, 0.3) is 0 Å². The van der Waals surface area contributed by atoms with Gasteiger partial charge in [0, 0.05) is 19.6 Å². The summed E-state index contributed by atoms with van der Waals surface area (Å²) in [6.45, 7) is 1.56. The van der Waals surface area contributed by atoms with Crippen molar-refractivity contribution in [3.05, 3.63) is 89.2 Å². The number of imidazole rings is 1. The Balaban J connectivity index is 1.33. The van der Waals surface area contributed by atoms with Crippen LogP contribution in [0.2, 0.25) is 0 Å². The maximum atomic E-state index is 14.8. The number of nitrogens with one attached hydrogen (secondary N) is 1. The third-order valence-electron chi connectivity index (χ3n) is 5.80. The molecule has 1 fully saturated rings. The summed E-state index contributed by atoms with van der Waals surface area (Å²) in [6.07, 6.45) is 0.827. The highest BCUT2D eigenvalue weighted by Gasteiger charge is 2.32. The Labute approximate surface area is 179 Å². The van der Waals surface area contributed by atoms with E-state index in [1.807, 2.05) is 35.2 Å². The van der Waals surface area contributed by atoms with Gasteiger partial charge in [-0.1, -0.05) is 42.5 Å². The van der Waals surface area contributed by atoms with Gasteiger partial charge in [-0.15, -0.1) is 0 Å². The van der Waals surface area contributed by atoms with Crippen molar-refractivity contribution in [2.45, 2.75) is 13.0 Å². The van der Waals surface area contributed by atoms with Crippen molar-refractivity contribution >= 4 is 17.0 Å². The molecule has 3 aromatic carbocycles. The van der Waals surface area contributed by atoms with Crippen molar-refractivity contribution in [1.82, 2.24) is 14.9 Å². The highest BCUT2D eigenvalue weighted by molar-refractivity contribution is 5.80. The number of aromatic amines is 1. The number of rotatable bonds is 6. The number of aromatic nitrogens is 2. The van der Waals surface area contributed by atoms with E-state index >= 15 is 0 Å². The molecule has 1 aromatic heterocycles. The fourth-order valence-electron chi connectivity index (χ4n) is 4.09. The van der Waals surface area contributed by atoms with Crippen LogP contribution < -0.4 is 0 Å². The molecule has 6 heteroatoms. The molecule has 5 nitrogen and oxygen atoms in total. The molecule has 1 aliphatic rings. The number of hydrogen-bond donors (Lipinski definition) is 2. The van der Waals surface area contributed by atoms with E-state index in [2.05, 4.69) is 34.2 Å². The van der Waals surface area contributed by atoms with Crippen LogP contribution in [0.15, 0.2) is 66.7 Å². The smallest absolute Gasteiger partial charge is 0.309 e. The van der Waals surface area contributed by atoms with E-state index in [-0.39, 0.29) is 11.7 Å². The first-order valence-electron chi connectivity index (χ1n) is 10.3. The fourth-order valence-corrected chi connectivity index (χ4v) is 4.09. The third-order valence-corrected chi connectivity index (χ3v) is 5.80. The van der Waals surface area contributed by atoms with Crippen LogP contribution in [0.1, 0.15) is 16.7 Å². The predicted octanol–water partition coefficient (Wildman–Crippen LogP) is 4.48. The highest BCUT2D eigenvalue weighted by atomic mass is 19.1. The third kappa shape index (κ3) is 4.07. The summed E-state index contributed by atoms with van der Waals surface area (Å²) < 4.78 is 14.8. The number of likely N-dealkylation sites (tertiary alicyclic amines) is 1. The number of carboxylic acids is 1. The molecule has 5 rings (SSSR count). The molecule has 0 radical (unpaired) electrons. The minimum atomic E-state index is -0.769. The molecule has 1 saturated heterocycles. The number of hydrogen-bond acceptors (Lipinski definition) is 3. The standard InChI is InChI=1S/C25H22FN3O2/c26-21-11-18(13-29-14-19(15-29)25(30)31)6-8-20(21)24-27-22-9-7-17(12-23(22)28-24)10-16-4-2-1-3-5-16/h1-9,11-12,19H,10,13-15H2,(H,27,28)(H,30,31). The zero-order valence-electron chi connectivity index (χ0n) is 16.9. The minimum absolute atomic E-state index is 0.313. The number of carbonyl (C=O) groups is 1. The Hall–Kier alpha value is -3.51. The molecule has 0 atom stereocenters. The SMILES string of the molecule is O=C(O)C1CN(Cc2ccc(-c3nc4ccc(Cc5ccccc5)cc4[nH]3)c(F)c2)C1. The van der Waals surface area contributed by atoms with Gasteiger partial charge in [0.15, 0.2) is 0 Å². The van der Waals surface area contributed by atoms with E-state index in [1.165, 1.54) is 17.2 Å². The number of H-pyrrole nitrogens is 1. The molecule has 2 heterocycles. The van der Waals surface area contributed by atoms with E-state index in [0.29, 0.717) is 31.0 Å². The van der Waals surface area contributed by atoms with Gasteiger partial charge in [0.1, 0.15) is 11.6 Å². The molecule has 0 amide bonds. The normalized spacial score (nSPS) is 14.6. The van der Waals surface area contributed by atoms with Crippen LogP contribution in [-0.4, -0.2) is 39.0 Å². The van der Waals surface area contributed by atoms with Crippen LogP contribution in [-0.2, 0) is 17.8 Å². The second-order valence-electron chi connectivity index (χ2n) is 8.14. The van der Waals surface area contributed by atoms with Gasteiger partial charge in [-0.05, 0) is 47.4 Å².